The van der Waals surface area contributed by atoms with Gasteiger partial charge in [-0.3, -0.25) is 0 Å². The normalized spacial score (nSPS) is 15.0. The van der Waals surface area contributed by atoms with E-state index in [-0.39, 0.29) is 24.0 Å². The fourth-order valence-corrected chi connectivity index (χ4v) is 3.34. The number of hydrogen-bond acceptors (Lipinski definition) is 7. The molecule has 4 rings (SSSR count). The molecule has 1 N–H and O–H groups in total. The third-order valence-electron chi connectivity index (χ3n) is 4.85. The van der Waals surface area contributed by atoms with E-state index in [1.165, 1.54) is 18.3 Å². The van der Waals surface area contributed by atoms with Crippen molar-refractivity contribution in [3.05, 3.63) is 42.4 Å². The monoisotopic (exact) mass is 440 g/mol. The van der Waals surface area contributed by atoms with Crippen LogP contribution >= 0.6 is 12.4 Å². The third kappa shape index (κ3) is 4.64. The average molecular weight is 441 g/mol. The minimum Gasteiger partial charge on any atom is -0.481 e. The minimum atomic E-state index is -4.47. The smallest absolute Gasteiger partial charge is 0.433 e. The molecule has 0 amide bonds. The number of rotatable bonds is 4. The van der Waals surface area contributed by atoms with Crippen LogP contribution in [0.15, 0.2) is 36.7 Å². The molecule has 0 spiro atoms. The summed E-state index contributed by atoms with van der Waals surface area (Å²) in [6.45, 7) is 1.48. The number of nitrogens with zero attached hydrogens (tertiary/aromatic N) is 5. The average Bonchev–Trinajstić information content (AvgIpc) is 2.73. The van der Waals surface area contributed by atoms with Gasteiger partial charge in [0, 0.05) is 43.0 Å². The molecule has 0 aliphatic carbocycles. The second kappa shape index (κ2) is 8.86. The molecule has 1 fully saturated rings. The standard InChI is InChI=1S/C19H19F3N6O.ClH/c1-29-16-5-9-24-18(27-16)28-10-6-12(7-11-28)25-17-13-2-3-15(19(20,21)22)26-14(13)4-8-23-17;/h2-5,8-9,12H,6-7,10-11H2,1H3,(H,23,25);1H. The number of anilines is 2. The number of piperidine rings is 1. The van der Waals surface area contributed by atoms with Gasteiger partial charge in [-0.05, 0) is 31.0 Å². The fourth-order valence-electron chi connectivity index (χ4n) is 3.34. The first kappa shape index (κ1) is 21.8. The summed E-state index contributed by atoms with van der Waals surface area (Å²) in [6.07, 6.45) is 0.282. The summed E-state index contributed by atoms with van der Waals surface area (Å²) >= 11 is 0. The number of halogens is 4. The van der Waals surface area contributed by atoms with Crippen molar-refractivity contribution in [3.63, 3.8) is 0 Å². The van der Waals surface area contributed by atoms with Gasteiger partial charge >= 0.3 is 6.18 Å². The topological polar surface area (TPSA) is 76.1 Å². The Balaban J connectivity index is 0.00000256. The molecule has 1 saturated heterocycles. The van der Waals surface area contributed by atoms with Crippen LogP contribution in [0.4, 0.5) is 24.9 Å². The molecule has 0 unspecified atom stereocenters. The predicted octanol–water partition coefficient (Wildman–Crippen LogP) is 3.95. The molecular weight excluding hydrogens is 421 g/mol. The Kier molecular flexibility index (Phi) is 6.45. The number of methoxy groups -OCH3 is 1. The molecule has 4 heterocycles. The first-order valence-corrected chi connectivity index (χ1v) is 9.15. The lowest BCUT2D eigenvalue weighted by atomic mass is 10.0. The molecule has 0 bridgehead atoms. The minimum absolute atomic E-state index is 0. The van der Waals surface area contributed by atoms with E-state index < -0.39 is 11.9 Å². The molecule has 160 valence electrons. The Hall–Kier alpha value is -2.88. The molecule has 3 aromatic rings. The molecule has 1 aliphatic heterocycles. The van der Waals surface area contributed by atoms with E-state index in [2.05, 4.69) is 30.2 Å². The van der Waals surface area contributed by atoms with Crippen LogP contribution in [-0.4, -0.2) is 46.2 Å². The zero-order chi connectivity index (χ0) is 20.4. The Labute approximate surface area is 177 Å². The highest BCUT2D eigenvalue weighted by molar-refractivity contribution is 5.89. The number of hydrogen-bond donors (Lipinski definition) is 1. The van der Waals surface area contributed by atoms with Gasteiger partial charge in [-0.15, -0.1) is 12.4 Å². The van der Waals surface area contributed by atoms with Gasteiger partial charge in [0.1, 0.15) is 11.5 Å². The third-order valence-corrected chi connectivity index (χ3v) is 4.85. The lowest BCUT2D eigenvalue weighted by Gasteiger charge is -2.32. The zero-order valence-electron chi connectivity index (χ0n) is 16.1. The second-order valence-electron chi connectivity index (χ2n) is 6.73. The van der Waals surface area contributed by atoms with Gasteiger partial charge in [-0.25, -0.2) is 15.0 Å². The first-order valence-electron chi connectivity index (χ1n) is 9.15. The van der Waals surface area contributed by atoms with E-state index in [9.17, 15) is 13.2 Å². The molecule has 0 aromatic carbocycles. The van der Waals surface area contributed by atoms with Crippen molar-refractivity contribution in [3.8, 4) is 5.88 Å². The van der Waals surface area contributed by atoms with Crippen molar-refractivity contribution in [1.82, 2.24) is 19.9 Å². The maximum atomic E-state index is 12.9. The number of alkyl halides is 3. The van der Waals surface area contributed by atoms with Crippen molar-refractivity contribution in [2.75, 3.05) is 30.4 Å². The maximum absolute atomic E-state index is 12.9. The summed E-state index contributed by atoms with van der Waals surface area (Å²) in [7, 11) is 1.56. The van der Waals surface area contributed by atoms with Crippen LogP contribution in [-0.2, 0) is 6.18 Å². The van der Waals surface area contributed by atoms with E-state index in [1.807, 2.05) is 0 Å². The summed E-state index contributed by atoms with van der Waals surface area (Å²) in [5.74, 6) is 1.68. The van der Waals surface area contributed by atoms with Crippen LogP contribution in [0.5, 0.6) is 5.88 Å². The van der Waals surface area contributed by atoms with Gasteiger partial charge in [0.15, 0.2) is 0 Å². The van der Waals surface area contributed by atoms with Gasteiger partial charge in [-0.1, -0.05) is 0 Å². The van der Waals surface area contributed by atoms with Crippen molar-refractivity contribution < 1.29 is 17.9 Å². The molecule has 0 radical (unpaired) electrons. The molecule has 30 heavy (non-hydrogen) atoms. The molecular formula is C19H20ClF3N6O. The second-order valence-corrected chi connectivity index (χ2v) is 6.73. The van der Waals surface area contributed by atoms with Crippen LogP contribution in [0.1, 0.15) is 18.5 Å². The fraction of sp³-hybridized carbons (Fsp3) is 0.368. The van der Waals surface area contributed by atoms with E-state index in [1.54, 1.807) is 19.4 Å². The highest BCUT2D eigenvalue weighted by Crippen LogP contribution is 2.31. The van der Waals surface area contributed by atoms with Crippen LogP contribution in [0.25, 0.3) is 10.9 Å². The van der Waals surface area contributed by atoms with Crippen molar-refractivity contribution in [2.45, 2.75) is 25.1 Å². The van der Waals surface area contributed by atoms with Crippen LogP contribution in [0, 0.1) is 0 Å². The van der Waals surface area contributed by atoms with E-state index in [0.29, 0.717) is 23.0 Å². The van der Waals surface area contributed by atoms with Crippen LogP contribution in [0.2, 0.25) is 0 Å². The van der Waals surface area contributed by atoms with E-state index in [4.69, 9.17) is 4.74 Å². The van der Waals surface area contributed by atoms with Gasteiger partial charge in [0.05, 0.1) is 12.6 Å². The number of aromatic nitrogens is 4. The van der Waals surface area contributed by atoms with Gasteiger partial charge < -0.3 is 15.0 Å². The first-order chi connectivity index (χ1) is 13.9. The Morgan fingerprint density at radius 3 is 2.47 bits per heavy atom. The molecule has 0 atom stereocenters. The zero-order valence-corrected chi connectivity index (χ0v) is 16.9. The SMILES string of the molecule is COc1ccnc(N2CCC(Nc3nccc4nc(C(F)(F)F)ccc34)CC2)n1.Cl. The van der Waals surface area contributed by atoms with E-state index in [0.717, 1.165) is 32.0 Å². The van der Waals surface area contributed by atoms with Crippen molar-refractivity contribution in [2.24, 2.45) is 0 Å². The Morgan fingerprint density at radius 2 is 1.77 bits per heavy atom. The summed E-state index contributed by atoms with van der Waals surface area (Å²) < 4.78 is 43.8. The number of ether oxygens (including phenoxy) is 1. The molecule has 0 saturated carbocycles. The summed E-state index contributed by atoms with van der Waals surface area (Å²) in [4.78, 5) is 18.8. The predicted molar refractivity (Wildman–Crippen MR) is 109 cm³/mol. The van der Waals surface area contributed by atoms with Crippen LogP contribution < -0.4 is 15.0 Å². The van der Waals surface area contributed by atoms with Gasteiger partial charge in [0.25, 0.3) is 0 Å². The Morgan fingerprint density at radius 1 is 1.03 bits per heavy atom. The largest absolute Gasteiger partial charge is 0.481 e. The molecule has 3 aromatic heterocycles. The lowest BCUT2D eigenvalue weighted by Crippen LogP contribution is -2.40. The summed E-state index contributed by atoms with van der Waals surface area (Å²) in [5.41, 5.74) is -0.645. The molecule has 1 aliphatic rings. The lowest BCUT2D eigenvalue weighted by molar-refractivity contribution is -0.140. The maximum Gasteiger partial charge on any atom is 0.433 e. The highest BCUT2D eigenvalue weighted by atomic mass is 35.5. The highest BCUT2D eigenvalue weighted by Gasteiger charge is 2.32. The summed E-state index contributed by atoms with van der Waals surface area (Å²) in [6, 6.07) is 5.72. The van der Waals surface area contributed by atoms with Crippen LogP contribution in [0.3, 0.4) is 0 Å². The van der Waals surface area contributed by atoms with Gasteiger partial charge in [0.2, 0.25) is 11.8 Å². The van der Waals surface area contributed by atoms with Gasteiger partial charge in [-0.2, -0.15) is 18.2 Å². The molecule has 11 heteroatoms. The number of pyridine rings is 2. The van der Waals surface area contributed by atoms with Crippen molar-refractivity contribution in [1.29, 1.82) is 0 Å². The van der Waals surface area contributed by atoms with Crippen molar-refractivity contribution >= 4 is 35.1 Å². The molecule has 7 nitrogen and oxygen atoms in total. The Bertz CT molecular complexity index is 1010. The number of nitrogens with one attached hydrogen (secondary N) is 1. The van der Waals surface area contributed by atoms with E-state index >= 15 is 0 Å². The quantitative estimate of drug-likeness (QED) is 0.658. The summed E-state index contributed by atoms with van der Waals surface area (Å²) in [5, 5.41) is 3.92. The number of fused-ring (bicyclic) bond motifs is 1.